The highest BCUT2D eigenvalue weighted by atomic mass is 16.1. The Morgan fingerprint density at radius 2 is 1.91 bits per heavy atom. The molecule has 1 heterocycles. The molecule has 0 aliphatic carbocycles. The summed E-state index contributed by atoms with van der Waals surface area (Å²) < 4.78 is 0. The zero-order chi connectivity index (χ0) is 15.9. The Kier molecular flexibility index (Phi) is 5.53. The highest BCUT2D eigenvalue weighted by molar-refractivity contribution is 5.96. The fourth-order valence-electron chi connectivity index (χ4n) is 2.31. The number of nitrogens with one attached hydrogen (secondary N) is 1. The molecule has 2 rings (SSSR count). The van der Waals surface area contributed by atoms with Crippen LogP contribution in [0, 0.1) is 0 Å². The molecule has 0 amide bonds. The summed E-state index contributed by atoms with van der Waals surface area (Å²) in [5.74, 6) is 1.17. The lowest BCUT2D eigenvalue weighted by Gasteiger charge is -2.16. The predicted molar refractivity (Wildman–Crippen MR) is 91.6 cm³/mol. The molecule has 0 radical (unpaired) electrons. The number of hydrogen-bond acceptors (Lipinski definition) is 4. The quantitative estimate of drug-likeness (QED) is 0.791. The van der Waals surface area contributed by atoms with Gasteiger partial charge >= 0.3 is 0 Å². The molecule has 4 nitrogen and oxygen atoms in total. The van der Waals surface area contributed by atoms with Gasteiger partial charge in [0.1, 0.15) is 5.82 Å². The Balaban J connectivity index is 2.02. The summed E-state index contributed by atoms with van der Waals surface area (Å²) >= 11 is 0. The van der Waals surface area contributed by atoms with Crippen molar-refractivity contribution in [2.75, 3.05) is 24.3 Å². The third-order valence-electron chi connectivity index (χ3n) is 3.46. The summed E-state index contributed by atoms with van der Waals surface area (Å²) in [7, 11) is 3.97. The number of carbonyl (C=O) groups excluding carboxylic acids is 1. The highest BCUT2D eigenvalue weighted by Crippen LogP contribution is 2.17. The van der Waals surface area contributed by atoms with Crippen molar-refractivity contribution in [1.29, 1.82) is 0 Å². The van der Waals surface area contributed by atoms with Gasteiger partial charge in [-0.05, 0) is 36.8 Å². The van der Waals surface area contributed by atoms with Crippen molar-refractivity contribution >= 4 is 17.3 Å². The molecule has 116 valence electrons. The second kappa shape index (κ2) is 7.59. The van der Waals surface area contributed by atoms with Gasteiger partial charge in [0.2, 0.25) is 0 Å². The van der Waals surface area contributed by atoms with Crippen LogP contribution in [0.3, 0.4) is 0 Å². The Labute approximate surface area is 132 Å². The first-order valence-electron chi connectivity index (χ1n) is 7.60. The molecule has 22 heavy (non-hydrogen) atoms. The van der Waals surface area contributed by atoms with E-state index in [1.165, 1.54) is 0 Å². The van der Waals surface area contributed by atoms with E-state index in [0.29, 0.717) is 13.0 Å². The molecule has 0 unspecified atom stereocenters. The lowest BCUT2D eigenvalue weighted by Crippen LogP contribution is -2.14. The van der Waals surface area contributed by atoms with Crippen LogP contribution < -0.4 is 10.2 Å². The molecule has 4 heteroatoms. The van der Waals surface area contributed by atoms with Crippen LogP contribution in [0.2, 0.25) is 0 Å². The molecule has 2 aromatic rings. The van der Waals surface area contributed by atoms with Gasteiger partial charge in [0.05, 0.1) is 0 Å². The number of ketones is 1. The van der Waals surface area contributed by atoms with Crippen molar-refractivity contribution in [2.45, 2.75) is 26.3 Å². The van der Waals surface area contributed by atoms with E-state index >= 15 is 0 Å². The number of rotatable bonds is 7. The molecule has 1 N–H and O–H groups in total. The van der Waals surface area contributed by atoms with Crippen molar-refractivity contribution in [3.05, 3.63) is 53.7 Å². The normalized spacial score (nSPS) is 10.3. The zero-order valence-electron chi connectivity index (χ0n) is 13.5. The summed E-state index contributed by atoms with van der Waals surface area (Å²) in [5.41, 5.74) is 2.92. The number of aromatic nitrogens is 1. The van der Waals surface area contributed by atoms with Crippen LogP contribution in [0.25, 0.3) is 0 Å². The molecular formula is C18H23N3O. The van der Waals surface area contributed by atoms with E-state index in [4.69, 9.17) is 0 Å². The highest BCUT2D eigenvalue weighted by Gasteiger charge is 2.06. The van der Waals surface area contributed by atoms with E-state index in [0.717, 1.165) is 29.1 Å². The van der Waals surface area contributed by atoms with Crippen LogP contribution in [-0.4, -0.2) is 24.9 Å². The number of anilines is 2. The lowest BCUT2D eigenvalue weighted by atomic mass is 10.1. The first-order valence-corrected chi connectivity index (χ1v) is 7.60. The van der Waals surface area contributed by atoms with Crippen LogP contribution in [0.5, 0.6) is 0 Å². The topological polar surface area (TPSA) is 45.2 Å². The Morgan fingerprint density at radius 3 is 2.55 bits per heavy atom. The van der Waals surface area contributed by atoms with Gasteiger partial charge in [-0.25, -0.2) is 4.98 Å². The third kappa shape index (κ3) is 4.07. The molecule has 0 aliphatic rings. The molecular weight excluding hydrogens is 274 g/mol. The van der Waals surface area contributed by atoms with Crippen LogP contribution in [-0.2, 0) is 6.54 Å². The van der Waals surface area contributed by atoms with Crippen molar-refractivity contribution in [1.82, 2.24) is 4.98 Å². The maximum Gasteiger partial charge on any atom is 0.162 e. The first-order chi connectivity index (χ1) is 10.6. The van der Waals surface area contributed by atoms with Crippen LogP contribution >= 0.6 is 0 Å². The predicted octanol–water partition coefficient (Wildman–Crippen LogP) is 3.74. The number of benzene rings is 1. The first kappa shape index (κ1) is 16.0. The van der Waals surface area contributed by atoms with Crippen molar-refractivity contribution in [3.63, 3.8) is 0 Å². The molecule has 0 spiro atoms. The Bertz CT molecular complexity index is 620. The van der Waals surface area contributed by atoms with Gasteiger partial charge in [-0.1, -0.05) is 13.0 Å². The van der Waals surface area contributed by atoms with Gasteiger partial charge in [-0.2, -0.15) is 0 Å². The number of Topliss-reactive ketones (excluding diaryl/α,β-unsaturated/α-hetero) is 1. The maximum atomic E-state index is 11.8. The molecule has 0 aliphatic heterocycles. The number of nitrogens with zero attached hydrogens (tertiary/aromatic N) is 2. The lowest BCUT2D eigenvalue weighted by molar-refractivity contribution is 0.0982. The summed E-state index contributed by atoms with van der Waals surface area (Å²) in [6, 6.07) is 11.7. The van der Waals surface area contributed by atoms with Gasteiger partial charge in [0, 0.05) is 50.1 Å². The van der Waals surface area contributed by atoms with Crippen LogP contribution in [0.4, 0.5) is 11.5 Å². The van der Waals surface area contributed by atoms with Gasteiger partial charge < -0.3 is 10.2 Å². The van der Waals surface area contributed by atoms with Crippen LogP contribution in [0.1, 0.15) is 35.7 Å². The fraction of sp³-hybridized carbons (Fsp3) is 0.333. The molecule has 1 aromatic carbocycles. The number of carbonyl (C=O) groups is 1. The summed E-state index contributed by atoms with van der Waals surface area (Å²) in [6.07, 6.45) is 3.29. The molecule has 0 atom stereocenters. The van der Waals surface area contributed by atoms with Gasteiger partial charge in [-0.3, -0.25) is 4.79 Å². The third-order valence-corrected chi connectivity index (χ3v) is 3.46. The number of pyridine rings is 1. The van der Waals surface area contributed by atoms with E-state index in [-0.39, 0.29) is 5.78 Å². The second-order valence-electron chi connectivity index (χ2n) is 5.48. The fourth-order valence-corrected chi connectivity index (χ4v) is 2.31. The minimum Gasteiger partial charge on any atom is -0.381 e. The van der Waals surface area contributed by atoms with Gasteiger partial charge in [0.25, 0.3) is 0 Å². The minimum atomic E-state index is 0.205. The summed E-state index contributed by atoms with van der Waals surface area (Å²) in [5, 5.41) is 3.38. The van der Waals surface area contributed by atoms with E-state index in [1.807, 2.05) is 56.3 Å². The number of hydrogen-bond donors (Lipinski definition) is 1. The van der Waals surface area contributed by atoms with Crippen LogP contribution in [0.15, 0.2) is 42.6 Å². The van der Waals surface area contributed by atoms with E-state index in [2.05, 4.69) is 16.4 Å². The molecule has 0 saturated heterocycles. The monoisotopic (exact) mass is 297 g/mol. The van der Waals surface area contributed by atoms with E-state index in [9.17, 15) is 4.79 Å². The SMILES string of the molecule is CCCC(=O)c1ccc(NCc2cccnc2N(C)C)cc1. The largest absolute Gasteiger partial charge is 0.381 e. The summed E-state index contributed by atoms with van der Waals surface area (Å²) in [4.78, 5) is 18.2. The smallest absolute Gasteiger partial charge is 0.162 e. The van der Waals surface area contributed by atoms with Crippen molar-refractivity contribution in [2.24, 2.45) is 0 Å². The van der Waals surface area contributed by atoms with Crippen molar-refractivity contribution < 1.29 is 4.79 Å². The summed E-state index contributed by atoms with van der Waals surface area (Å²) in [6.45, 7) is 2.72. The minimum absolute atomic E-state index is 0.205. The molecule has 0 saturated carbocycles. The van der Waals surface area contributed by atoms with Gasteiger partial charge in [-0.15, -0.1) is 0 Å². The zero-order valence-corrected chi connectivity index (χ0v) is 13.5. The van der Waals surface area contributed by atoms with Gasteiger partial charge in [0.15, 0.2) is 5.78 Å². The molecule has 1 aromatic heterocycles. The average molecular weight is 297 g/mol. The van der Waals surface area contributed by atoms with E-state index < -0.39 is 0 Å². The maximum absolute atomic E-state index is 11.8. The standard InChI is InChI=1S/C18H23N3O/c1-4-6-17(22)14-8-10-16(11-9-14)20-13-15-7-5-12-19-18(15)21(2)3/h5,7-12,20H,4,6,13H2,1-3H3. The Morgan fingerprint density at radius 1 is 1.18 bits per heavy atom. The van der Waals surface area contributed by atoms with E-state index in [1.54, 1.807) is 6.20 Å². The molecule has 0 bridgehead atoms. The average Bonchev–Trinajstić information content (AvgIpc) is 2.54. The van der Waals surface area contributed by atoms with Crippen molar-refractivity contribution in [3.8, 4) is 0 Å². The Hall–Kier alpha value is -2.36. The molecule has 0 fully saturated rings. The second-order valence-corrected chi connectivity index (χ2v) is 5.48.